The Morgan fingerprint density at radius 2 is 2.28 bits per heavy atom. The van der Waals surface area contributed by atoms with E-state index in [4.69, 9.17) is 10.5 Å². The van der Waals surface area contributed by atoms with Gasteiger partial charge in [0, 0.05) is 26.8 Å². The van der Waals surface area contributed by atoms with Gasteiger partial charge < -0.3 is 20.7 Å². The van der Waals surface area contributed by atoms with Gasteiger partial charge in [0.2, 0.25) is 5.91 Å². The number of rotatable bonds is 6. The number of nitrogens with zero attached hydrogens (tertiary/aromatic N) is 3. The van der Waals surface area contributed by atoms with Crippen molar-refractivity contribution >= 4 is 17.5 Å². The zero-order chi connectivity index (χ0) is 13.5. The van der Waals surface area contributed by atoms with Gasteiger partial charge in [-0.15, -0.1) is 0 Å². The topological polar surface area (TPSA) is 93.4 Å². The van der Waals surface area contributed by atoms with Crippen LogP contribution in [0.5, 0.6) is 0 Å². The fourth-order valence-electron chi connectivity index (χ4n) is 1.44. The average Bonchev–Trinajstić information content (AvgIpc) is 2.28. The number of carbonyl (C=O) groups excluding carboxylic acids is 1. The fourth-order valence-corrected chi connectivity index (χ4v) is 1.44. The van der Waals surface area contributed by atoms with Crippen molar-refractivity contribution in [2.45, 2.75) is 13.5 Å². The van der Waals surface area contributed by atoms with Crippen LogP contribution in [0.15, 0.2) is 6.07 Å². The molecule has 1 amide bonds. The molecule has 0 aromatic carbocycles. The number of ether oxygens (including phenoxy) is 1. The minimum Gasteiger partial charge on any atom is -0.384 e. The molecule has 1 rings (SSSR count). The lowest BCUT2D eigenvalue weighted by Crippen LogP contribution is -2.35. The standard InChI is InChI=1S/C11H19N5O2/c1-4-13-11(17)6-16(2)10-5-8(12)14-9(15-10)7-18-3/h5H,4,6-7H2,1-3H3,(H,13,17)(H2,12,14,15). The second kappa shape index (κ2) is 6.75. The third-order valence-corrected chi connectivity index (χ3v) is 2.20. The Hall–Kier alpha value is -1.89. The summed E-state index contributed by atoms with van der Waals surface area (Å²) in [6, 6.07) is 1.62. The maximum absolute atomic E-state index is 11.5. The normalized spacial score (nSPS) is 10.2. The van der Waals surface area contributed by atoms with Crippen LogP contribution >= 0.6 is 0 Å². The number of carbonyl (C=O) groups is 1. The molecule has 0 aliphatic heterocycles. The molecule has 0 aliphatic rings. The summed E-state index contributed by atoms with van der Waals surface area (Å²) in [7, 11) is 3.33. The molecule has 0 saturated heterocycles. The molecule has 0 atom stereocenters. The van der Waals surface area contributed by atoms with Crippen LogP contribution in [0.4, 0.5) is 11.6 Å². The number of methoxy groups -OCH3 is 1. The molecule has 7 heteroatoms. The van der Waals surface area contributed by atoms with Crippen LogP contribution in [0.25, 0.3) is 0 Å². The SMILES string of the molecule is CCNC(=O)CN(C)c1cc(N)nc(COC)n1. The Balaban J connectivity index is 2.78. The van der Waals surface area contributed by atoms with Crippen molar-refractivity contribution in [3.05, 3.63) is 11.9 Å². The molecule has 0 fully saturated rings. The minimum atomic E-state index is -0.0644. The Morgan fingerprint density at radius 1 is 1.56 bits per heavy atom. The highest BCUT2D eigenvalue weighted by Crippen LogP contribution is 2.12. The summed E-state index contributed by atoms with van der Waals surface area (Å²) in [5, 5.41) is 2.72. The van der Waals surface area contributed by atoms with E-state index >= 15 is 0 Å². The summed E-state index contributed by atoms with van der Waals surface area (Å²) in [4.78, 5) is 21.5. The van der Waals surface area contributed by atoms with Gasteiger partial charge in [0.25, 0.3) is 0 Å². The van der Waals surface area contributed by atoms with Crippen LogP contribution in [0.2, 0.25) is 0 Å². The van der Waals surface area contributed by atoms with Crippen LogP contribution in [-0.2, 0) is 16.1 Å². The van der Waals surface area contributed by atoms with Crippen molar-refractivity contribution in [1.29, 1.82) is 0 Å². The van der Waals surface area contributed by atoms with Crippen LogP contribution in [0.1, 0.15) is 12.7 Å². The second-order valence-corrected chi connectivity index (χ2v) is 3.81. The van der Waals surface area contributed by atoms with E-state index in [1.165, 1.54) is 0 Å². The Bertz CT molecular complexity index is 410. The molecule has 1 heterocycles. The second-order valence-electron chi connectivity index (χ2n) is 3.81. The molecule has 100 valence electrons. The first-order chi connectivity index (χ1) is 8.56. The summed E-state index contributed by atoms with van der Waals surface area (Å²) in [5.74, 6) is 1.39. The molecule has 0 unspecified atom stereocenters. The zero-order valence-electron chi connectivity index (χ0n) is 10.9. The van der Waals surface area contributed by atoms with E-state index in [-0.39, 0.29) is 19.1 Å². The molecule has 0 radical (unpaired) electrons. The highest BCUT2D eigenvalue weighted by Gasteiger charge is 2.10. The molecule has 1 aromatic heterocycles. The van der Waals surface area contributed by atoms with Crippen LogP contribution < -0.4 is 16.0 Å². The van der Waals surface area contributed by atoms with E-state index in [0.717, 1.165) is 0 Å². The maximum atomic E-state index is 11.5. The van der Waals surface area contributed by atoms with Gasteiger partial charge in [-0.2, -0.15) is 0 Å². The van der Waals surface area contributed by atoms with Crippen molar-refractivity contribution in [2.75, 3.05) is 37.9 Å². The first-order valence-electron chi connectivity index (χ1n) is 5.67. The Morgan fingerprint density at radius 3 is 2.89 bits per heavy atom. The van der Waals surface area contributed by atoms with Gasteiger partial charge in [0.15, 0.2) is 5.82 Å². The van der Waals surface area contributed by atoms with E-state index in [0.29, 0.717) is 24.0 Å². The molecule has 0 bridgehead atoms. The van der Waals surface area contributed by atoms with Crippen molar-refractivity contribution in [3.63, 3.8) is 0 Å². The number of aromatic nitrogens is 2. The summed E-state index contributed by atoms with van der Waals surface area (Å²) < 4.78 is 4.96. The van der Waals surface area contributed by atoms with Gasteiger partial charge >= 0.3 is 0 Å². The first kappa shape index (κ1) is 14.2. The predicted octanol–water partition coefficient (Wildman–Crippen LogP) is -0.222. The number of nitrogen functional groups attached to an aromatic ring is 1. The summed E-state index contributed by atoms with van der Waals surface area (Å²) in [6.45, 7) is 2.98. The van der Waals surface area contributed by atoms with Crippen molar-refractivity contribution in [2.24, 2.45) is 0 Å². The number of hydrogen-bond acceptors (Lipinski definition) is 6. The van der Waals surface area contributed by atoms with E-state index in [2.05, 4.69) is 15.3 Å². The molecule has 0 saturated carbocycles. The predicted molar refractivity (Wildman–Crippen MR) is 69.1 cm³/mol. The zero-order valence-corrected chi connectivity index (χ0v) is 10.9. The highest BCUT2D eigenvalue weighted by atomic mass is 16.5. The van der Waals surface area contributed by atoms with E-state index < -0.39 is 0 Å². The summed E-state index contributed by atoms with van der Waals surface area (Å²) in [5.41, 5.74) is 5.68. The van der Waals surface area contributed by atoms with Crippen LogP contribution in [-0.4, -0.2) is 43.1 Å². The van der Waals surface area contributed by atoms with E-state index in [1.807, 2.05) is 6.92 Å². The third-order valence-electron chi connectivity index (χ3n) is 2.20. The first-order valence-corrected chi connectivity index (χ1v) is 5.67. The Labute approximate surface area is 106 Å². The van der Waals surface area contributed by atoms with E-state index in [1.54, 1.807) is 25.1 Å². The number of amides is 1. The van der Waals surface area contributed by atoms with Crippen molar-refractivity contribution in [3.8, 4) is 0 Å². The molecule has 1 aromatic rings. The number of likely N-dealkylation sites (N-methyl/N-ethyl adjacent to an activating group) is 2. The van der Waals surface area contributed by atoms with E-state index in [9.17, 15) is 4.79 Å². The molecular weight excluding hydrogens is 234 g/mol. The number of hydrogen-bond donors (Lipinski definition) is 2. The van der Waals surface area contributed by atoms with Gasteiger partial charge in [-0.05, 0) is 6.92 Å². The van der Waals surface area contributed by atoms with Crippen molar-refractivity contribution in [1.82, 2.24) is 15.3 Å². The van der Waals surface area contributed by atoms with Gasteiger partial charge in [0.05, 0.1) is 6.54 Å². The maximum Gasteiger partial charge on any atom is 0.239 e. The fraction of sp³-hybridized carbons (Fsp3) is 0.545. The minimum absolute atomic E-state index is 0.0644. The monoisotopic (exact) mass is 253 g/mol. The largest absolute Gasteiger partial charge is 0.384 e. The summed E-state index contributed by atoms with van der Waals surface area (Å²) >= 11 is 0. The molecule has 3 N–H and O–H groups in total. The number of anilines is 2. The quantitative estimate of drug-likeness (QED) is 0.728. The van der Waals surface area contributed by atoms with Gasteiger partial charge in [-0.25, -0.2) is 9.97 Å². The smallest absolute Gasteiger partial charge is 0.239 e. The molecule has 18 heavy (non-hydrogen) atoms. The molecular formula is C11H19N5O2. The highest BCUT2D eigenvalue weighted by molar-refractivity contribution is 5.80. The number of nitrogens with two attached hydrogens (primary N) is 1. The lowest BCUT2D eigenvalue weighted by atomic mass is 10.4. The van der Waals surface area contributed by atoms with Crippen LogP contribution in [0, 0.1) is 0 Å². The number of nitrogens with one attached hydrogen (secondary N) is 1. The molecule has 0 aliphatic carbocycles. The average molecular weight is 253 g/mol. The van der Waals surface area contributed by atoms with Crippen molar-refractivity contribution < 1.29 is 9.53 Å². The lowest BCUT2D eigenvalue weighted by Gasteiger charge is -2.18. The molecule has 0 spiro atoms. The Kier molecular flexibility index (Phi) is 5.31. The van der Waals surface area contributed by atoms with Crippen LogP contribution in [0.3, 0.4) is 0 Å². The third kappa shape index (κ3) is 4.17. The molecule has 7 nitrogen and oxygen atoms in total. The lowest BCUT2D eigenvalue weighted by molar-refractivity contribution is -0.119. The van der Waals surface area contributed by atoms with Gasteiger partial charge in [0.1, 0.15) is 18.2 Å². The van der Waals surface area contributed by atoms with Gasteiger partial charge in [-0.3, -0.25) is 4.79 Å². The van der Waals surface area contributed by atoms with Gasteiger partial charge in [-0.1, -0.05) is 0 Å². The summed E-state index contributed by atoms with van der Waals surface area (Å²) in [6.07, 6.45) is 0.